The molecule has 0 saturated heterocycles. The third-order valence-corrected chi connectivity index (χ3v) is 8.19. The summed E-state index contributed by atoms with van der Waals surface area (Å²) >= 11 is 12.1. The molecule has 7 nitrogen and oxygen atoms in total. The van der Waals surface area contributed by atoms with Gasteiger partial charge in [0.15, 0.2) is 0 Å². The van der Waals surface area contributed by atoms with Crippen molar-refractivity contribution >= 4 is 50.7 Å². The summed E-state index contributed by atoms with van der Waals surface area (Å²) in [5, 5.41) is 4.07. The Morgan fingerprint density at radius 3 is 2.00 bits per heavy atom. The van der Waals surface area contributed by atoms with Crippen LogP contribution in [0.3, 0.4) is 0 Å². The van der Waals surface area contributed by atoms with E-state index in [-0.39, 0.29) is 43.7 Å². The van der Waals surface area contributed by atoms with E-state index in [4.69, 9.17) is 23.2 Å². The van der Waals surface area contributed by atoms with E-state index in [0.717, 1.165) is 17.4 Å². The Morgan fingerprint density at radius 2 is 1.44 bits per heavy atom. The molecular formula is C31H37Cl2N3O4S. The van der Waals surface area contributed by atoms with Crippen molar-refractivity contribution in [2.75, 3.05) is 23.7 Å². The maximum atomic E-state index is 13.8. The Morgan fingerprint density at radius 1 is 0.854 bits per heavy atom. The van der Waals surface area contributed by atoms with E-state index in [1.807, 2.05) is 56.3 Å². The van der Waals surface area contributed by atoms with Crippen molar-refractivity contribution in [1.29, 1.82) is 0 Å². The van der Waals surface area contributed by atoms with Crippen LogP contribution in [0, 0.1) is 5.92 Å². The van der Waals surface area contributed by atoms with Crippen LogP contribution in [0.4, 0.5) is 5.69 Å². The van der Waals surface area contributed by atoms with Crippen molar-refractivity contribution in [3.8, 4) is 0 Å². The van der Waals surface area contributed by atoms with Crippen LogP contribution in [0.25, 0.3) is 0 Å². The molecule has 3 aromatic rings. The summed E-state index contributed by atoms with van der Waals surface area (Å²) in [6.45, 7) is 4.81. The minimum absolute atomic E-state index is 0.0515. The van der Waals surface area contributed by atoms with Gasteiger partial charge in [0, 0.05) is 42.5 Å². The molecule has 3 aromatic carbocycles. The second-order valence-electron chi connectivity index (χ2n) is 10.4. The molecule has 1 unspecified atom stereocenters. The number of hydrogen-bond acceptors (Lipinski definition) is 4. The van der Waals surface area contributed by atoms with Crippen LogP contribution >= 0.6 is 23.2 Å². The number of nitrogens with one attached hydrogen (secondary N) is 1. The number of nitrogens with zero attached hydrogens (tertiary/aromatic N) is 2. The smallest absolute Gasteiger partial charge is 0.243 e. The zero-order valence-corrected chi connectivity index (χ0v) is 25.9. The van der Waals surface area contributed by atoms with Crippen LogP contribution in [0.15, 0.2) is 78.9 Å². The molecule has 0 aliphatic carbocycles. The molecule has 41 heavy (non-hydrogen) atoms. The number of benzene rings is 3. The summed E-state index contributed by atoms with van der Waals surface area (Å²) in [6, 6.07) is 22.5. The number of sulfonamides is 1. The largest absolute Gasteiger partial charge is 0.354 e. The van der Waals surface area contributed by atoms with Gasteiger partial charge >= 0.3 is 0 Å². The molecule has 0 heterocycles. The Labute approximate surface area is 253 Å². The molecule has 0 aliphatic rings. The van der Waals surface area contributed by atoms with Gasteiger partial charge in [-0.05, 0) is 59.9 Å². The lowest BCUT2D eigenvalue weighted by Gasteiger charge is -2.32. The maximum Gasteiger partial charge on any atom is 0.243 e. The second kappa shape index (κ2) is 15.2. The topological polar surface area (TPSA) is 86.8 Å². The average Bonchev–Trinajstić information content (AvgIpc) is 2.93. The van der Waals surface area contributed by atoms with E-state index in [9.17, 15) is 18.0 Å². The van der Waals surface area contributed by atoms with Crippen molar-refractivity contribution in [3.63, 3.8) is 0 Å². The highest BCUT2D eigenvalue weighted by Gasteiger charge is 2.30. The molecule has 0 bridgehead atoms. The van der Waals surface area contributed by atoms with Crippen molar-refractivity contribution in [3.05, 3.63) is 100 Å². The van der Waals surface area contributed by atoms with Crippen LogP contribution in [0.2, 0.25) is 10.0 Å². The first-order chi connectivity index (χ1) is 19.4. The van der Waals surface area contributed by atoms with Gasteiger partial charge in [0.2, 0.25) is 21.8 Å². The first-order valence-electron chi connectivity index (χ1n) is 13.5. The predicted octanol–water partition coefficient (Wildman–Crippen LogP) is 5.95. The van der Waals surface area contributed by atoms with Crippen molar-refractivity contribution in [2.24, 2.45) is 5.92 Å². The molecular weight excluding hydrogens is 581 g/mol. The van der Waals surface area contributed by atoms with E-state index in [2.05, 4.69) is 5.32 Å². The van der Waals surface area contributed by atoms with E-state index < -0.39 is 16.1 Å². The van der Waals surface area contributed by atoms with Gasteiger partial charge in [-0.3, -0.25) is 13.9 Å². The molecule has 0 aliphatic heterocycles. The van der Waals surface area contributed by atoms with Gasteiger partial charge < -0.3 is 10.2 Å². The molecule has 220 valence electrons. The van der Waals surface area contributed by atoms with Crippen LogP contribution < -0.4 is 9.62 Å². The Bertz CT molecular complexity index is 1380. The van der Waals surface area contributed by atoms with E-state index in [1.54, 1.807) is 41.3 Å². The average molecular weight is 619 g/mol. The second-order valence-corrected chi connectivity index (χ2v) is 13.2. The Hall–Kier alpha value is -3.07. The third-order valence-electron chi connectivity index (χ3n) is 6.49. The normalized spacial score (nSPS) is 12.1. The van der Waals surface area contributed by atoms with Gasteiger partial charge in [0.1, 0.15) is 6.04 Å². The summed E-state index contributed by atoms with van der Waals surface area (Å²) in [5.74, 6) is -0.236. The van der Waals surface area contributed by atoms with Crippen LogP contribution in [-0.2, 0) is 32.6 Å². The van der Waals surface area contributed by atoms with Gasteiger partial charge in [0.25, 0.3) is 0 Å². The van der Waals surface area contributed by atoms with Gasteiger partial charge in [-0.1, -0.05) is 79.5 Å². The summed E-state index contributed by atoms with van der Waals surface area (Å²) in [6.07, 6.45) is 1.78. The molecule has 0 aromatic heterocycles. The van der Waals surface area contributed by atoms with Gasteiger partial charge in [-0.2, -0.15) is 0 Å². The zero-order valence-electron chi connectivity index (χ0n) is 23.6. The van der Waals surface area contributed by atoms with E-state index in [0.29, 0.717) is 28.7 Å². The number of rotatable bonds is 14. The molecule has 1 N–H and O–H groups in total. The van der Waals surface area contributed by atoms with Crippen LogP contribution in [-0.4, -0.2) is 50.5 Å². The predicted molar refractivity (Wildman–Crippen MR) is 167 cm³/mol. The lowest BCUT2D eigenvalue weighted by Crippen LogP contribution is -2.51. The lowest BCUT2D eigenvalue weighted by molar-refractivity contribution is -0.141. The minimum atomic E-state index is -3.60. The highest BCUT2D eigenvalue weighted by Crippen LogP contribution is 2.22. The van der Waals surface area contributed by atoms with Crippen molar-refractivity contribution in [1.82, 2.24) is 10.2 Å². The molecule has 0 spiro atoms. The Kier molecular flexibility index (Phi) is 12.1. The lowest BCUT2D eigenvalue weighted by atomic mass is 10.0. The number of amides is 2. The van der Waals surface area contributed by atoms with Gasteiger partial charge in [-0.15, -0.1) is 0 Å². The zero-order chi connectivity index (χ0) is 30.0. The number of anilines is 1. The SMILES string of the molecule is CC(C)CNC(=O)C(Cc1ccccc1)N(Cc1ccc(Cl)cc1)C(=O)CCCN(c1ccc(Cl)cc1)S(C)(=O)=O. The maximum absolute atomic E-state index is 13.8. The molecule has 3 rings (SSSR count). The van der Waals surface area contributed by atoms with Crippen molar-refractivity contribution < 1.29 is 18.0 Å². The monoisotopic (exact) mass is 617 g/mol. The first kappa shape index (κ1) is 32.4. The van der Waals surface area contributed by atoms with Crippen LogP contribution in [0.5, 0.6) is 0 Å². The summed E-state index contributed by atoms with van der Waals surface area (Å²) in [7, 11) is -3.60. The Balaban J connectivity index is 1.87. The fourth-order valence-electron chi connectivity index (χ4n) is 4.37. The van der Waals surface area contributed by atoms with Crippen LogP contribution in [0.1, 0.15) is 37.8 Å². The van der Waals surface area contributed by atoms with Gasteiger partial charge in [0.05, 0.1) is 11.9 Å². The molecule has 0 radical (unpaired) electrons. The molecule has 0 fully saturated rings. The highest BCUT2D eigenvalue weighted by molar-refractivity contribution is 7.92. The summed E-state index contributed by atoms with van der Waals surface area (Å²) in [5.41, 5.74) is 2.23. The third kappa shape index (κ3) is 10.4. The fourth-order valence-corrected chi connectivity index (χ4v) is 5.59. The minimum Gasteiger partial charge on any atom is -0.354 e. The molecule has 1 atom stereocenters. The highest BCUT2D eigenvalue weighted by atomic mass is 35.5. The fraction of sp³-hybridized carbons (Fsp3) is 0.355. The first-order valence-corrected chi connectivity index (χ1v) is 16.1. The number of carbonyl (C=O) groups excluding carboxylic acids is 2. The quantitative estimate of drug-likeness (QED) is 0.242. The summed E-state index contributed by atoms with van der Waals surface area (Å²) in [4.78, 5) is 29.0. The molecule has 10 heteroatoms. The number of carbonyl (C=O) groups is 2. The molecule has 2 amide bonds. The standard InChI is InChI=1S/C31H37Cl2N3O4S/c1-23(2)21-34-31(38)29(20-24-8-5-4-6-9-24)35(22-25-11-13-26(32)14-12-25)30(37)10-7-19-36(41(3,39)40)28-17-15-27(33)16-18-28/h4-6,8-9,11-18,23,29H,7,10,19-22H2,1-3H3,(H,34,38). The van der Waals surface area contributed by atoms with E-state index in [1.165, 1.54) is 4.31 Å². The number of halogens is 2. The van der Waals surface area contributed by atoms with E-state index >= 15 is 0 Å². The number of hydrogen-bond donors (Lipinski definition) is 1. The van der Waals surface area contributed by atoms with Crippen molar-refractivity contribution in [2.45, 2.75) is 45.7 Å². The summed E-state index contributed by atoms with van der Waals surface area (Å²) < 4.78 is 26.4. The molecule has 0 saturated carbocycles. The van der Waals surface area contributed by atoms with Gasteiger partial charge in [-0.25, -0.2) is 8.42 Å².